The topological polar surface area (TPSA) is 66.5 Å². The predicted octanol–water partition coefficient (Wildman–Crippen LogP) is 4.22. The third-order valence-electron chi connectivity index (χ3n) is 5.08. The first-order valence-corrected chi connectivity index (χ1v) is 11.4. The van der Waals surface area contributed by atoms with Gasteiger partial charge in [-0.2, -0.15) is 0 Å². The van der Waals surface area contributed by atoms with E-state index in [-0.39, 0.29) is 5.91 Å². The number of benzene rings is 2. The van der Waals surface area contributed by atoms with Crippen LogP contribution in [0.3, 0.4) is 0 Å². The molecule has 0 aliphatic carbocycles. The Kier molecular flexibility index (Phi) is 6.88. The maximum atomic E-state index is 13.0. The summed E-state index contributed by atoms with van der Waals surface area (Å²) in [6.07, 6.45) is 2.69. The number of anilines is 2. The lowest BCUT2D eigenvalue weighted by Crippen LogP contribution is -2.45. The number of para-hydroxylation sites is 1. The molecule has 28 heavy (non-hydrogen) atoms. The number of amides is 1. The third kappa shape index (κ3) is 4.73. The summed E-state index contributed by atoms with van der Waals surface area (Å²) in [5.74, 6) is -0.348. The Balaban J connectivity index is 2.42. The van der Waals surface area contributed by atoms with E-state index in [4.69, 9.17) is 0 Å². The van der Waals surface area contributed by atoms with Gasteiger partial charge in [0.25, 0.3) is 0 Å². The van der Waals surface area contributed by atoms with Crippen LogP contribution in [0.5, 0.6) is 0 Å². The van der Waals surface area contributed by atoms with Gasteiger partial charge in [-0.3, -0.25) is 9.10 Å². The maximum Gasteiger partial charge on any atom is 0.248 e. The van der Waals surface area contributed by atoms with Crippen LogP contribution >= 0.6 is 0 Å². The van der Waals surface area contributed by atoms with Gasteiger partial charge in [0.05, 0.1) is 11.9 Å². The van der Waals surface area contributed by atoms with Crippen molar-refractivity contribution in [3.8, 4) is 0 Å². The van der Waals surface area contributed by atoms with Crippen LogP contribution < -0.4 is 9.62 Å². The van der Waals surface area contributed by atoms with Gasteiger partial charge in [0, 0.05) is 5.69 Å². The van der Waals surface area contributed by atoms with E-state index in [9.17, 15) is 13.2 Å². The van der Waals surface area contributed by atoms with Crippen LogP contribution in [-0.2, 0) is 27.7 Å². The summed E-state index contributed by atoms with van der Waals surface area (Å²) in [5.41, 5.74) is 5.40. The summed E-state index contributed by atoms with van der Waals surface area (Å²) >= 11 is 0. The predicted molar refractivity (Wildman–Crippen MR) is 117 cm³/mol. The number of carbonyl (C=O) groups is 1. The van der Waals surface area contributed by atoms with Crippen LogP contribution in [-0.4, -0.2) is 26.6 Å². The number of nitrogens with one attached hydrogen (secondary N) is 1. The number of rotatable bonds is 7. The second kappa shape index (κ2) is 8.78. The summed E-state index contributed by atoms with van der Waals surface area (Å²) in [7, 11) is -3.64. The number of sulfonamides is 1. The first kappa shape index (κ1) is 22.0. The molecule has 6 heteroatoms. The zero-order valence-corrected chi connectivity index (χ0v) is 18.4. The molecule has 0 aliphatic rings. The molecule has 1 amide bonds. The van der Waals surface area contributed by atoms with Gasteiger partial charge in [0.1, 0.15) is 6.04 Å². The van der Waals surface area contributed by atoms with Crippen molar-refractivity contribution in [2.24, 2.45) is 0 Å². The summed E-state index contributed by atoms with van der Waals surface area (Å²) in [6.45, 7) is 9.58. The van der Waals surface area contributed by atoms with Gasteiger partial charge in [-0.05, 0) is 68.0 Å². The lowest BCUT2D eigenvalue weighted by Gasteiger charge is -2.29. The number of hydrogen-bond donors (Lipinski definition) is 1. The molecule has 5 nitrogen and oxygen atoms in total. The molecule has 2 aromatic rings. The fourth-order valence-electron chi connectivity index (χ4n) is 3.30. The highest BCUT2D eigenvalue weighted by atomic mass is 32.2. The van der Waals surface area contributed by atoms with Crippen molar-refractivity contribution >= 4 is 27.3 Å². The standard InChI is InChI=1S/C22H30N2O3S/c1-7-18-10-9-11-19(8-2)21(18)23-22(25)17(5)24(28(6,26)27)20-13-12-15(3)16(4)14-20/h9-14,17H,7-8H2,1-6H3,(H,23,25)/t17-/m0/s1. The summed E-state index contributed by atoms with van der Waals surface area (Å²) in [6, 6.07) is 10.5. The molecule has 2 aromatic carbocycles. The van der Waals surface area contributed by atoms with Crippen LogP contribution in [0.2, 0.25) is 0 Å². The largest absolute Gasteiger partial charge is 0.324 e. The van der Waals surface area contributed by atoms with Crippen LogP contribution in [0.1, 0.15) is 43.0 Å². The highest BCUT2D eigenvalue weighted by molar-refractivity contribution is 7.92. The van der Waals surface area contributed by atoms with Crippen molar-refractivity contribution in [3.63, 3.8) is 0 Å². The number of carbonyl (C=O) groups excluding carboxylic acids is 1. The molecule has 0 fully saturated rings. The molecule has 2 rings (SSSR count). The number of nitrogens with zero attached hydrogens (tertiary/aromatic N) is 1. The highest BCUT2D eigenvalue weighted by Gasteiger charge is 2.30. The monoisotopic (exact) mass is 402 g/mol. The maximum absolute atomic E-state index is 13.0. The normalized spacial score (nSPS) is 12.5. The minimum Gasteiger partial charge on any atom is -0.324 e. The van der Waals surface area contributed by atoms with Gasteiger partial charge in [-0.1, -0.05) is 38.1 Å². The van der Waals surface area contributed by atoms with Crippen molar-refractivity contribution in [3.05, 3.63) is 58.7 Å². The lowest BCUT2D eigenvalue weighted by molar-refractivity contribution is -0.116. The molecule has 1 N–H and O–H groups in total. The van der Waals surface area contributed by atoms with Crippen LogP contribution in [0.15, 0.2) is 36.4 Å². The average molecular weight is 403 g/mol. The van der Waals surface area contributed by atoms with Gasteiger partial charge < -0.3 is 5.32 Å². The second-order valence-electron chi connectivity index (χ2n) is 7.15. The van der Waals surface area contributed by atoms with E-state index in [1.54, 1.807) is 19.1 Å². The van der Waals surface area contributed by atoms with Crippen LogP contribution in [0.4, 0.5) is 11.4 Å². The molecule has 0 saturated heterocycles. The smallest absolute Gasteiger partial charge is 0.248 e. The molecule has 0 aromatic heterocycles. The van der Waals surface area contributed by atoms with Crippen LogP contribution in [0.25, 0.3) is 0 Å². The Bertz CT molecular complexity index is 945. The molecular formula is C22H30N2O3S. The third-order valence-corrected chi connectivity index (χ3v) is 6.32. The first-order chi connectivity index (χ1) is 13.1. The Hall–Kier alpha value is -2.34. The Labute approximate surface area is 168 Å². The molecule has 0 spiro atoms. The first-order valence-electron chi connectivity index (χ1n) is 9.58. The van der Waals surface area contributed by atoms with E-state index in [1.807, 2.05) is 52.0 Å². The van der Waals surface area contributed by atoms with Gasteiger partial charge >= 0.3 is 0 Å². The minimum atomic E-state index is -3.64. The molecule has 0 radical (unpaired) electrons. The second-order valence-corrected chi connectivity index (χ2v) is 9.01. The minimum absolute atomic E-state index is 0.348. The fourth-order valence-corrected chi connectivity index (χ4v) is 4.47. The summed E-state index contributed by atoms with van der Waals surface area (Å²) < 4.78 is 26.2. The van der Waals surface area contributed by atoms with E-state index in [0.717, 1.165) is 47.0 Å². The SMILES string of the molecule is CCc1cccc(CC)c1NC(=O)[C@H](C)N(c1ccc(C)c(C)c1)S(C)(=O)=O. The molecular weight excluding hydrogens is 372 g/mol. The Morgan fingerprint density at radius 2 is 1.61 bits per heavy atom. The Morgan fingerprint density at radius 1 is 1.04 bits per heavy atom. The van der Waals surface area contributed by atoms with Crippen molar-refractivity contribution in [1.29, 1.82) is 0 Å². The van der Waals surface area contributed by atoms with E-state index in [0.29, 0.717) is 5.69 Å². The van der Waals surface area contributed by atoms with E-state index in [2.05, 4.69) is 5.32 Å². The Morgan fingerprint density at radius 3 is 2.07 bits per heavy atom. The van der Waals surface area contributed by atoms with Gasteiger partial charge in [-0.25, -0.2) is 8.42 Å². The molecule has 0 heterocycles. The summed E-state index contributed by atoms with van der Waals surface area (Å²) in [5, 5.41) is 2.98. The lowest BCUT2D eigenvalue weighted by atomic mass is 10.0. The quantitative estimate of drug-likeness (QED) is 0.754. The van der Waals surface area contributed by atoms with Crippen molar-refractivity contribution in [1.82, 2.24) is 0 Å². The zero-order chi connectivity index (χ0) is 21.1. The molecule has 0 saturated carbocycles. The van der Waals surface area contributed by atoms with Crippen LogP contribution in [0, 0.1) is 13.8 Å². The van der Waals surface area contributed by atoms with E-state index in [1.165, 1.54) is 4.31 Å². The van der Waals surface area contributed by atoms with Gasteiger partial charge in [0.15, 0.2) is 0 Å². The fraction of sp³-hybridized carbons (Fsp3) is 0.409. The number of hydrogen-bond acceptors (Lipinski definition) is 3. The molecule has 1 atom stereocenters. The molecule has 0 unspecified atom stereocenters. The number of aryl methyl sites for hydroxylation is 4. The van der Waals surface area contributed by atoms with Crippen molar-refractivity contribution in [2.75, 3.05) is 15.9 Å². The van der Waals surface area contributed by atoms with Gasteiger partial charge in [0.2, 0.25) is 15.9 Å². The van der Waals surface area contributed by atoms with Gasteiger partial charge in [-0.15, -0.1) is 0 Å². The van der Waals surface area contributed by atoms with Crippen molar-refractivity contribution < 1.29 is 13.2 Å². The average Bonchev–Trinajstić information content (AvgIpc) is 2.63. The molecule has 152 valence electrons. The highest BCUT2D eigenvalue weighted by Crippen LogP contribution is 2.26. The molecule has 0 aliphatic heterocycles. The van der Waals surface area contributed by atoms with E-state index < -0.39 is 16.1 Å². The molecule has 0 bridgehead atoms. The summed E-state index contributed by atoms with van der Waals surface area (Å²) in [4.78, 5) is 13.0. The zero-order valence-electron chi connectivity index (χ0n) is 17.5. The van der Waals surface area contributed by atoms with E-state index >= 15 is 0 Å². The van der Waals surface area contributed by atoms with Crippen molar-refractivity contribution in [2.45, 2.75) is 53.5 Å².